The Morgan fingerprint density at radius 3 is 2.46 bits per heavy atom. The number of aromatic nitrogens is 3. The van der Waals surface area contributed by atoms with Gasteiger partial charge in [0.15, 0.2) is 5.82 Å². The maximum atomic E-state index is 13.0. The number of hydrogen-bond donors (Lipinski definition) is 1. The van der Waals surface area contributed by atoms with Crippen molar-refractivity contribution in [2.24, 2.45) is 5.92 Å². The number of piperidine rings is 1. The van der Waals surface area contributed by atoms with E-state index in [4.69, 9.17) is 0 Å². The summed E-state index contributed by atoms with van der Waals surface area (Å²) in [5, 5.41) is 11.5. The molecule has 1 amide bonds. The van der Waals surface area contributed by atoms with Crippen molar-refractivity contribution in [3.05, 3.63) is 66.7 Å². The minimum Gasteiger partial charge on any atom is -0.355 e. The van der Waals surface area contributed by atoms with Gasteiger partial charge in [-0.25, -0.2) is 4.39 Å². The number of benzene rings is 1. The van der Waals surface area contributed by atoms with E-state index in [1.807, 2.05) is 24.3 Å². The third kappa shape index (κ3) is 4.14. The Labute approximate surface area is 162 Å². The van der Waals surface area contributed by atoms with Gasteiger partial charge in [-0.05, 0) is 61.4 Å². The highest BCUT2D eigenvalue weighted by molar-refractivity contribution is 5.92. The van der Waals surface area contributed by atoms with Crippen molar-refractivity contribution in [1.82, 2.24) is 15.2 Å². The summed E-state index contributed by atoms with van der Waals surface area (Å²) >= 11 is 0. The van der Waals surface area contributed by atoms with Crippen LogP contribution < -0.4 is 10.2 Å². The van der Waals surface area contributed by atoms with Crippen LogP contribution in [0.5, 0.6) is 0 Å². The maximum absolute atomic E-state index is 13.0. The summed E-state index contributed by atoms with van der Waals surface area (Å²) in [4.78, 5) is 18.7. The number of halogens is 1. The Balaban J connectivity index is 1.33. The van der Waals surface area contributed by atoms with Gasteiger partial charge in [-0.3, -0.25) is 9.78 Å². The molecule has 0 atom stereocenters. The zero-order valence-electron chi connectivity index (χ0n) is 15.3. The first-order chi connectivity index (χ1) is 13.7. The molecule has 1 aliphatic heterocycles. The molecule has 1 fully saturated rings. The van der Waals surface area contributed by atoms with Crippen LogP contribution in [0.4, 0.5) is 15.9 Å². The second-order valence-corrected chi connectivity index (χ2v) is 6.78. The van der Waals surface area contributed by atoms with Gasteiger partial charge in [-0.15, -0.1) is 10.2 Å². The molecule has 2 aromatic heterocycles. The predicted molar refractivity (Wildman–Crippen MR) is 105 cm³/mol. The lowest BCUT2D eigenvalue weighted by molar-refractivity contribution is -0.120. The minimum absolute atomic E-state index is 0.0238. The van der Waals surface area contributed by atoms with Crippen LogP contribution in [0.3, 0.4) is 0 Å². The van der Waals surface area contributed by atoms with E-state index in [0.29, 0.717) is 5.69 Å². The molecule has 0 bridgehead atoms. The monoisotopic (exact) mass is 377 g/mol. The number of carbonyl (C=O) groups is 1. The minimum atomic E-state index is -0.318. The van der Waals surface area contributed by atoms with E-state index < -0.39 is 0 Å². The van der Waals surface area contributed by atoms with E-state index in [2.05, 4.69) is 25.4 Å². The molecule has 4 rings (SSSR count). The summed E-state index contributed by atoms with van der Waals surface area (Å²) in [6.07, 6.45) is 4.95. The van der Waals surface area contributed by atoms with Crippen molar-refractivity contribution in [2.45, 2.75) is 12.8 Å². The molecular weight excluding hydrogens is 357 g/mol. The lowest BCUT2D eigenvalue weighted by Crippen LogP contribution is -2.38. The molecule has 3 aromatic rings. The molecule has 0 saturated carbocycles. The number of anilines is 2. The third-order valence-corrected chi connectivity index (χ3v) is 4.91. The largest absolute Gasteiger partial charge is 0.355 e. The summed E-state index contributed by atoms with van der Waals surface area (Å²) in [6.45, 7) is 1.48. The Morgan fingerprint density at radius 2 is 1.82 bits per heavy atom. The first-order valence-electron chi connectivity index (χ1n) is 9.24. The molecule has 0 radical (unpaired) electrons. The molecule has 0 unspecified atom stereocenters. The number of hydrogen-bond acceptors (Lipinski definition) is 5. The Bertz CT molecular complexity index is 923. The van der Waals surface area contributed by atoms with Crippen LogP contribution in [0.25, 0.3) is 11.3 Å². The molecule has 6 nitrogen and oxygen atoms in total. The number of pyridine rings is 1. The highest BCUT2D eigenvalue weighted by Gasteiger charge is 2.26. The summed E-state index contributed by atoms with van der Waals surface area (Å²) in [6, 6.07) is 13.5. The van der Waals surface area contributed by atoms with Crippen LogP contribution in [0.1, 0.15) is 12.8 Å². The van der Waals surface area contributed by atoms with Crippen molar-refractivity contribution in [3.63, 3.8) is 0 Å². The van der Waals surface area contributed by atoms with Crippen LogP contribution >= 0.6 is 0 Å². The fraction of sp³-hybridized carbons (Fsp3) is 0.238. The van der Waals surface area contributed by atoms with E-state index in [9.17, 15) is 9.18 Å². The van der Waals surface area contributed by atoms with Gasteiger partial charge in [0.1, 0.15) is 5.82 Å². The van der Waals surface area contributed by atoms with Crippen molar-refractivity contribution < 1.29 is 9.18 Å². The van der Waals surface area contributed by atoms with Crippen molar-refractivity contribution in [1.29, 1.82) is 0 Å². The topological polar surface area (TPSA) is 71.0 Å². The second kappa shape index (κ2) is 8.12. The molecule has 0 spiro atoms. The highest BCUT2D eigenvalue weighted by atomic mass is 19.1. The molecule has 1 saturated heterocycles. The number of carbonyl (C=O) groups excluding carboxylic acids is 1. The van der Waals surface area contributed by atoms with Crippen LogP contribution in [-0.4, -0.2) is 34.2 Å². The van der Waals surface area contributed by atoms with Gasteiger partial charge >= 0.3 is 0 Å². The molecule has 142 valence electrons. The lowest BCUT2D eigenvalue weighted by Gasteiger charge is -2.31. The Hall–Kier alpha value is -3.35. The molecule has 1 aliphatic rings. The van der Waals surface area contributed by atoms with Gasteiger partial charge in [0.25, 0.3) is 0 Å². The molecular formula is C21H20FN5O. The SMILES string of the molecule is O=C(Nc1ccc(F)cc1)C1CCN(c2ccc(-c3cccnc3)nn2)CC1. The maximum Gasteiger partial charge on any atom is 0.227 e. The summed E-state index contributed by atoms with van der Waals surface area (Å²) < 4.78 is 13.0. The fourth-order valence-electron chi connectivity index (χ4n) is 3.31. The third-order valence-electron chi connectivity index (χ3n) is 4.91. The van der Waals surface area contributed by atoms with Gasteiger partial charge in [0, 0.05) is 42.7 Å². The fourth-order valence-corrected chi connectivity index (χ4v) is 3.31. The summed E-state index contributed by atoms with van der Waals surface area (Å²) in [7, 11) is 0. The highest BCUT2D eigenvalue weighted by Crippen LogP contribution is 2.24. The van der Waals surface area contributed by atoms with Gasteiger partial charge in [-0.1, -0.05) is 0 Å². The van der Waals surface area contributed by atoms with E-state index >= 15 is 0 Å². The molecule has 3 heterocycles. The normalized spacial score (nSPS) is 14.7. The van der Waals surface area contributed by atoms with Crippen molar-refractivity contribution in [3.8, 4) is 11.3 Å². The zero-order valence-corrected chi connectivity index (χ0v) is 15.3. The van der Waals surface area contributed by atoms with Crippen LogP contribution in [0.15, 0.2) is 60.9 Å². The molecule has 0 aliphatic carbocycles. The predicted octanol–water partition coefficient (Wildman–Crippen LogP) is 3.53. The van der Waals surface area contributed by atoms with Crippen molar-refractivity contribution >= 4 is 17.4 Å². The Kier molecular flexibility index (Phi) is 5.23. The van der Waals surface area contributed by atoms with Crippen LogP contribution in [-0.2, 0) is 4.79 Å². The average molecular weight is 377 g/mol. The number of nitrogens with one attached hydrogen (secondary N) is 1. The molecule has 7 heteroatoms. The Morgan fingerprint density at radius 1 is 1.04 bits per heavy atom. The number of nitrogens with zero attached hydrogens (tertiary/aromatic N) is 4. The van der Waals surface area contributed by atoms with E-state index in [-0.39, 0.29) is 17.6 Å². The second-order valence-electron chi connectivity index (χ2n) is 6.78. The van der Waals surface area contributed by atoms with Crippen LogP contribution in [0.2, 0.25) is 0 Å². The smallest absolute Gasteiger partial charge is 0.227 e. The number of amides is 1. The van der Waals surface area contributed by atoms with E-state index in [0.717, 1.165) is 43.0 Å². The van der Waals surface area contributed by atoms with Gasteiger partial charge in [-0.2, -0.15) is 0 Å². The van der Waals surface area contributed by atoms with Gasteiger partial charge in [0.05, 0.1) is 5.69 Å². The lowest BCUT2D eigenvalue weighted by atomic mass is 9.96. The first-order valence-corrected chi connectivity index (χ1v) is 9.24. The average Bonchev–Trinajstić information content (AvgIpc) is 2.76. The molecule has 28 heavy (non-hydrogen) atoms. The van der Waals surface area contributed by atoms with E-state index in [1.165, 1.54) is 12.1 Å². The van der Waals surface area contributed by atoms with Gasteiger partial charge in [0.2, 0.25) is 5.91 Å². The zero-order chi connectivity index (χ0) is 19.3. The molecule has 1 aromatic carbocycles. The molecule has 1 N–H and O–H groups in total. The summed E-state index contributed by atoms with van der Waals surface area (Å²) in [5.41, 5.74) is 2.33. The first kappa shape index (κ1) is 18.0. The quantitative estimate of drug-likeness (QED) is 0.753. The van der Waals surface area contributed by atoms with Crippen LogP contribution in [0, 0.1) is 11.7 Å². The van der Waals surface area contributed by atoms with E-state index in [1.54, 1.807) is 24.5 Å². The number of rotatable bonds is 4. The standard InChI is InChI=1S/C21H20FN5O/c22-17-3-5-18(6-4-17)24-21(28)15-9-12-27(13-10-15)20-8-7-19(25-26-20)16-2-1-11-23-14-16/h1-8,11,14-15H,9-10,12-13H2,(H,24,28). The summed E-state index contributed by atoms with van der Waals surface area (Å²) in [5.74, 6) is 0.403. The van der Waals surface area contributed by atoms with Crippen molar-refractivity contribution in [2.75, 3.05) is 23.3 Å². The van der Waals surface area contributed by atoms with Gasteiger partial charge < -0.3 is 10.2 Å².